The third kappa shape index (κ3) is 3.55. The first-order chi connectivity index (χ1) is 13.2. The molecule has 8 heteroatoms. The minimum atomic E-state index is -0.425. The molecule has 1 fully saturated rings. The normalized spacial score (nSPS) is 14.9. The summed E-state index contributed by atoms with van der Waals surface area (Å²) in [6, 6.07) is 11.6. The fourth-order valence-corrected chi connectivity index (χ4v) is 3.58. The Labute approximate surface area is 156 Å². The minimum Gasteiger partial charge on any atom is -0.375 e. The van der Waals surface area contributed by atoms with E-state index in [-0.39, 0.29) is 11.2 Å². The Bertz CT molecular complexity index is 933. The van der Waals surface area contributed by atoms with E-state index in [0.717, 1.165) is 37.2 Å². The second-order valence-electron chi connectivity index (χ2n) is 6.75. The predicted octanol–water partition coefficient (Wildman–Crippen LogP) is 4.12. The summed E-state index contributed by atoms with van der Waals surface area (Å²) in [6.45, 7) is 2.29. The van der Waals surface area contributed by atoms with Gasteiger partial charge in [0, 0.05) is 19.6 Å². The molecule has 140 valence electrons. The van der Waals surface area contributed by atoms with E-state index in [1.54, 1.807) is 0 Å². The number of benzene rings is 2. The average Bonchev–Trinajstić information content (AvgIpc) is 3.00. The SMILES string of the molecule is O=[N+]([O-])c1c(NCc2ccccc2)cc(N2CCCCCC2)c2nonc12. The topological polar surface area (TPSA) is 97.3 Å². The van der Waals surface area contributed by atoms with Gasteiger partial charge in [0.1, 0.15) is 5.69 Å². The van der Waals surface area contributed by atoms with Gasteiger partial charge in [-0.15, -0.1) is 0 Å². The van der Waals surface area contributed by atoms with Crippen molar-refractivity contribution in [2.45, 2.75) is 32.2 Å². The van der Waals surface area contributed by atoms with Crippen LogP contribution in [0.2, 0.25) is 0 Å². The predicted molar refractivity (Wildman–Crippen MR) is 103 cm³/mol. The fraction of sp³-hybridized carbons (Fsp3) is 0.368. The number of hydrogen-bond donors (Lipinski definition) is 1. The summed E-state index contributed by atoms with van der Waals surface area (Å²) in [5, 5.41) is 22.7. The summed E-state index contributed by atoms with van der Waals surface area (Å²) < 4.78 is 4.88. The zero-order valence-electron chi connectivity index (χ0n) is 14.9. The van der Waals surface area contributed by atoms with Crippen LogP contribution in [0.15, 0.2) is 41.0 Å². The number of nitro benzene ring substituents is 1. The molecule has 2 aromatic carbocycles. The zero-order valence-corrected chi connectivity index (χ0v) is 14.9. The van der Waals surface area contributed by atoms with E-state index in [4.69, 9.17) is 4.63 Å². The molecule has 3 aromatic rings. The van der Waals surface area contributed by atoms with Crippen molar-refractivity contribution in [2.24, 2.45) is 0 Å². The molecule has 0 unspecified atom stereocenters. The van der Waals surface area contributed by atoms with Gasteiger partial charge in [0.2, 0.25) is 5.52 Å². The van der Waals surface area contributed by atoms with E-state index in [2.05, 4.69) is 20.5 Å². The molecule has 1 aliphatic rings. The monoisotopic (exact) mass is 367 g/mol. The molecular formula is C19H21N5O3. The average molecular weight is 367 g/mol. The number of nitro groups is 1. The van der Waals surface area contributed by atoms with Gasteiger partial charge in [-0.3, -0.25) is 10.1 Å². The Morgan fingerprint density at radius 3 is 2.48 bits per heavy atom. The molecule has 0 bridgehead atoms. The van der Waals surface area contributed by atoms with Crippen molar-refractivity contribution < 1.29 is 9.55 Å². The molecule has 8 nitrogen and oxygen atoms in total. The van der Waals surface area contributed by atoms with Crippen LogP contribution in [-0.4, -0.2) is 28.3 Å². The summed E-state index contributed by atoms with van der Waals surface area (Å²) in [5.41, 5.74) is 2.87. The molecule has 0 atom stereocenters. The van der Waals surface area contributed by atoms with Crippen LogP contribution in [-0.2, 0) is 6.54 Å². The van der Waals surface area contributed by atoms with Crippen molar-refractivity contribution in [2.75, 3.05) is 23.3 Å². The summed E-state index contributed by atoms with van der Waals surface area (Å²) in [6.07, 6.45) is 4.58. The zero-order chi connectivity index (χ0) is 18.6. The number of nitrogens with zero attached hydrogens (tertiary/aromatic N) is 4. The third-order valence-corrected chi connectivity index (χ3v) is 4.95. The molecule has 0 spiro atoms. The van der Waals surface area contributed by atoms with Crippen LogP contribution in [0.4, 0.5) is 17.1 Å². The van der Waals surface area contributed by atoms with Gasteiger partial charge in [-0.1, -0.05) is 43.2 Å². The summed E-state index contributed by atoms with van der Waals surface area (Å²) >= 11 is 0. The first-order valence-corrected chi connectivity index (χ1v) is 9.20. The Morgan fingerprint density at radius 2 is 1.78 bits per heavy atom. The standard InChI is InChI=1S/C19H21N5O3/c25-24(26)19-15(20-13-14-8-4-3-5-9-14)12-16(17-18(19)22-27-21-17)23-10-6-1-2-7-11-23/h3-5,8-9,12,20H,1-2,6-7,10-11,13H2. The maximum Gasteiger partial charge on any atom is 0.323 e. The van der Waals surface area contributed by atoms with E-state index < -0.39 is 4.92 Å². The van der Waals surface area contributed by atoms with Crippen LogP contribution >= 0.6 is 0 Å². The molecule has 2 heterocycles. The highest BCUT2D eigenvalue weighted by Gasteiger charge is 2.28. The van der Waals surface area contributed by atoms with Crippen LogP contribution in [0.5, 0.6) is 0 Å². The van der Waals surface area contributed by atoms with Gasteiger partial charge in [0.15, 0.2) is 5.52 Å². The van der Waals surface area contributed by atoms with E-state index >= 15 is 0 Å². The number of rotatable bonds is 5. The molecule has 0 amide bonds. The van der Waals surface area contributed by atoms with Crippen LogP contribution in [0.1, 0.15) is 31.2 Å². The molecule has 27 heavy (non-hydrogen) atoms. The van der Waals surface area contributed by atoms with Gasteiger partial charge < -0.3 is 10.2 Å². The minimum absolute atomic E-state index is 0.0965. The van der Waals surface area contributed by atoms with Gasteiger partial charge in [-0.2, -0.15) is 0 Å². The Morgan fingerprint density at radius 1 is 1.07 bits per heavy atom. The first-order valence-electron chi connectivity index (χ1n) is 9.20. The molecule has 1 aromatic heterocycles. The maximum absolute atomic E-state index is 11.7. The lowest BCUT2D eigenvalue weighted by atomic mass is 10.1. The molecule has 0 saturated carbocycles. The smallest absolute Gasteiger partial charge is 0.323 e. The molecule has 0 radical (unpaired) electrons. The summed E-state index contributed by atoms with van der Waals surface area (Å²) in [7, 11) is 0. The highest BCUT2D eigenvalue weighted by molar-refractivity contribution is 5.99. The fourth-order valence-electron chi connectivity index (χ4n) is 3.58. The molecular weight excluding hydrogens is 346 g/mol. The number of aromatic nitrogens is 2. The highest BCUT2D eigenvalue weighted by Crippen LogP contribution is 2.39. The van der Waals surface area contributed by atoms with Crippen molar-refractivity contribution in [1.29, 1.82) is 0 Å². The van der Waals surface area contributed by atoms with Crippen molar-refractivity contribution in [1.82, 2.24) is 10.3 Å². The molecule has 1 N–H and O–H groups in total. The second kappa shape index (κ2) is 7.61. The lowest BCUT2D eigenvalue weighted by Gasteiger charge is -2.23. The van der Waals surface area contributed by atoms with Crippen LogP contribution in [0, 0.1) is 10.1 Å². The van der Waals surface area contributed by atoms with E-state index in [9.17, 15) is 10.1 Å². The molecule has 0 aliphatic carbocycles. The maximum atomic E-state index is 11.7. The largest absolute Gasteiger partial charge is 0.375 e. The molecule has 1 aliphatic heterocycles. The molecule has 1 saturated heterocycles. The van der Waals surface area contributed by atoms with Crippen molar-refractivity contribution in [3.05, 3.63) is 52.1 Å². The second-order valence-corrected chi connectivity index (χ2v) is 6.75. The summed E-state index contributed by atoms with van der Waals surface area (Å²) in [5.74, 6) is 0. The molecule has 4 rings (SSSR count). The van der Waals surface area contributed by atoms with Crippen LogP contribution in [0.3, 0.4) is 0 Å². The van der Waals surface area contributed by atoms with Gasteiger partial charge in [-0.25, -0.2) is 4.63 Å². The number of nitrogens with one attached hydrogen (secondary N) is 1. The Balaban J connectivity index is 1.75. The van der Waals surface area contributed by atoms with Crippen molar-refractivity contribution in [3.8, 4) is 0 Å². The van der Waals surface area contributed by atoms with Crippen molar-refractivity contribution >= 4 is 28.1 Å². The first kappa shape index (κ1) is 17.3. The van der Waals surface area contributed by atoms with Crippen molar-refractivity contribution in [3.63, 3.8) is 0 Å². The lowest BCUT2D eigenvalue weighted by Crippen LogP contribution is -2.24. The third-order valence-electron chi connectivity index (χ3n) is 4.95. The van der Waals surface area contributed by atoms with Crippen LogP contribution in [0.25, 0.3) is 11.0 Å². The van der Waals surface area contributed by atoms with Gasteiger partial charge in [0.05, 0.1) is 10.6 Å². The Hall–Kier alpha value is -3.16. The lowest BCUT2D eigenvalue weighted by molar-refractivity contribution is -0.382. The van der Waals surface area contributed by atoms with E-state index in [0.29, 0.717) is 17.7 Å². The highest BCUT2D eigenvalue weighted by atomic mass is 16.6. The number of hydrogen-bond acceptors (Lipinski definition) is 7. The number of anilines is 2. The van der Waals surface area contributed by atoms with Gasteiger partial charge >= 0.3 is 5.69 Å². The van der Waals surface area contributed by atoms with Crippen LogP contribution < -0.4 is 10.2 Å². The van der Waals surface area contributed by atoms with E-state index in [1.165, 1.54) is 12.8 Å². The summed E-state index contributed by atoms with van der Waals surface area (Å²) in [4.78, 5) is 13.5. The van der Waals surface area contributed by atoms with E-state index in [1.807, 2.05) is 36.4 Å². The number of fused-ring (bicyclic) bond motifs is 1. The van der Waals surface area contributed by atoms with Gasteiger partial charge in [-0.05, 0) is 34.8 Å². The Kier molecular flexibility index (Phi) is 4.86. The van der Waals surface area contributed by atoms with Gasteiger partial charge in [0.25, 0.3) is 0 Å². The quantitative estimate of drug-likeness (QED) is 0.535.